The monoisotopic (exact) mass is 495 g/mol. The summed E-state index contributed by atoms with van der Waals surface area (Å²) in [6.07, 6.45) is 4.73. The third kappa shape index (κ3) is 6.33. The van der Waals surface area contributed by atoms with E-state index in [9.17, 15) is 18.0 Å². The van der Waals surface area contributed by atoms with Gasteiger partial charge in [0, 0.05) is 24.2 Å². The first kappa shape index (κ1) is 24.1. The van der Waals surface area contributed by atoms with Crippen molar-refractivity contribution in [3.63, 3.8) is 0 Å². The standard InChI is InChI=1S/C24H25N5O5S/c30-22(16-34-24(31)20-15-26-28-23(20)17-8-3-1-4-9-17)27-18-10-7-11-19(14-18)35(32,33)29-21-12-5-2-6-13-25-21/h1,3-4,7-11,14-15H,2,5-6,12-13,16H2,(H,25,29)(H,26,28)(H,27,30). The van der Waals surface area contributed by atoms with Crippen molar-refractivity contribution >= 4 is 33.4 Å². The summed E-state index contributed by atoms with van der Waals surface area (Å²) in [5.74, 6) is -0.880. The van der Waals surface area contributed by atoms with Crippen molar-refractivity contribution < 1.29 is 22.7 Å². The molecule has 1 aliphatic rings. The molecular weight excluding hydrogens is 470 g/mol. The van der Waals surface area contributed by atoms with Gasteiger partial charge in [-0.3, -0.25) is 19.6 Å². The van der Waals surface area contributed by atoms with Gasteiger partial charge in [0.05, 0.1) is 16.8 Å². The maximum atomic E-state index is 12.8. The van der Waals surface area contributed by atoms with E-state index in [1.165, 1.54) is 24.4 Å². The molecule has 0 saturated heterocycles. The van der Waals surface area contributed by atoms with Crippen molar-refractivity contribution in [1.29, 1.82) is 0 Å². The fourth-order valence-corrected chi connectivity index (χ4v) is 4.72. The summed E-state index contributed by atoms with van der Waals surface area (Å²) in [7, 11) is -3.85. The molecule has 10 nitrogen and oxygen atoms in total. The Balaban J connectivity index is 1.36. The summed E-state index contributed by atoms with van der Waals surface area (Å²) in [4.78, 5) is 29.1. The average molecular weight is 496 g/mol. The van der Waals surface area contributed by atoms with E-state index in [2.05, 4.69) is 25.2 Å². The van der Waals surface area contributed by atoms with Crippen LogP contribution < -0.4 is 10.0 Å². The van der Waals surface area contributed by atoms with Crippen LogP contribution in [-0.4, -0.2) is 49.5 Å². The molecule has 0 spiro atoms. The van der Waals surface area contributed by atoms with E-state index >= 15 is 0 Å². The summed E-state index contributed by atoms with van der Waals surface area (Å²) in [6.45, 7) is 0.0443. The molecule has 0 atom stereocenters. The Morgan fingerprint density at radius 1 is 1.03 bits per heavy atom. The number of aromatic amines is 1. The lowest BCUT2D eigenvalue weighted by atomic mass is 10.1. The van der Waals surface area contributed by atoms with Crippen LogP contribution in [0.5, 0.6) is 0 Å². The first-order chi connectivity index (χ1) is 16.9. The summed E-state index contributed by atoms with van der Waals surface area (Å²) in [6, 6.07) is 15.0. The number of nitrogens with one attached hydrogen (secondary N) is 3. The van der Waals surface area contributed by atoms with E-state index in [1.807, 2.05) is 30.3 Å². The zero-order valence-electron chi connectivity index (χ0n) is 18.9. The van der Waals surface area contributed by atoms with Gasteiger partial charge in [-0.2, -0.15) is 5.10 Å². The first-order valence-corrected chi connectivity index (χ1v) is 12.6. The van der Waals surface area contributed by atoms with Crippen LogP contribution in [0, 0.1) is 0 Å². The van der Waals surface area contributed by atoms with E-state index in [0.717, 1.165) is 24.8 Å². The molecule has 182 valence electrons. The highest BCUT2D eigenvalue weighted by molar-refractivity contribution is 7.90. The molecule has 2 aromatic carbocycles. The minimum atomic E-state index is -3.85. The molecule has 2 heterocycles. The zero-order chi connectivity index (χ0) is 24.7. The molecule has 3 N–H and O–H groups in total. The molecule has 35 heavy (non-hydrogen) atoms. The highest BCUT2D eigenvalue weighted by atomic mass is 32.2. The van der Waals surface area contributed by atoms with Gasteiger partial charge in [0.25, 0.3) is 15.9 Å². The molecule has 1 aliphatic heterocycles. The van der Waals surface area contributed by atoms with E-state index in [1.54, 1.807) is 6.07 Å². The van der Waals surface area contributed by atoms with Gasteiger partial charge in [-0.05, 0) is 31.0 Å². The van der Waals surface area contributed by atoms with Gasteiger partial charge < -0.3 is 10.1 Å². The molecule has 1 amide bonds. The number of anilines is 1. The van der Waals surface area contributed by atoms with Gasteiger partial charge in [0.1, 0.15) is 11.4 Å². The van der Waals surface area contributed by atoms with Crippen molar-refractivity contribution in [1.82, 2.24) is 14.9 Å². The summed E-state index contributed by atoms with van der Waals surface area (Å²) in [5, 5.41) is 9.21. The van der Waals surface area contributed by atoms with E-state index in [-0.39, 0.29) is 16.1 Å². The SMILES string of the molecule is O=C(COC(=O)c1cn[nH]c1-c1ccccc1)Nc1cccc(S(=O)(=O)NC2=NCCCCC2)c1. The second-order valence-corrected chi connectivity index (χ2v) is 9.60. The molecule has 0 fully saturated rings. The molecule has 1 aromatic heterocycles. The van der Waals surface area contributed by atoms with Crippen LogP contribution in [0.15, 0.2) is 70.7 Å². The Hall–Kier alpha value is -3.99. The fourth-order valence-electron chi connectivity index (χ4n) is 3.58. The zero-order valence-corrected chi connectivity index (χ0v) is 19.7. The topological polar surface area (TPSA) is 143 Å². The number of carbonyl (C=O) groups is 2. The molecule has 4 rings (SSSR count). The van der Waals surface area contributed by atoms with Crippen LogP contribution in [0.2, 0.25) is 0 Å². The number of aliphatic imine (C=N–C) groups is 1. The summed E-state index contributed by atoms with van der Waals surface area (Å²) < 4.78 is 33.2. The third-order valence-electron chi connectivity index (χ3n) is 5.31. The number of rotatable bonds is 7. The average Bonchev–Trinajstić information content (AvgIpc) is 3.22. The molecule has 0 aliphatic carbocycles. The lowest BCUT2D eigenvalue weighted by molar-refractivity contribution is -0.119. The second-order valence-electron chi connectivity index (χ2n) is 7.92. The lowest BCUT2D eigenvalue weighted by Crippen LogP contribution is -2.30. The van der Waals surface area contributed by atoms with Crippen molar-refractivity contribution in [2.75, 3.05) is 18.5 Å². The quantitative estimate of drug-likeness (QED) is 0.430. The normalized spacial score (nSPS) is 13.9. The molecule has 0 radical (unpaired) electrons. The number of amidine groups is 1. The van der Waals surface area contributed by atoms with Crippen LogP contribution in [-0.2, 0) is 19.6 Å². The first-order valence-electron chi connectivity index (χ1n) is 11.1. The van der Waals surface area contributed by atoms with Crippen molar-refractivity contribution in [3.8, 4) is 11.3 Å². The number of aromatic nitrogens is 2. The third-order valence-corrected chi connectivity index (χ3v) is 6.69. The molecule has 0 saturated carbocycles. The highest BCUT2D eigenvalue weighted by Crippen LogP contribution is 2.21. The number of carbonyl (C=O) groups excluding carboxylic acids is 2. The molecule has 3 aromatic rings. The number of ether oxygens (including phenoxy) is 1. The Bertz CT molecular complexity index is 1340. The van der Waals surface area contributed by atoms with E-state index < -0.39 is 28.5 Å². The summed E-state index contributed by atoms with van der Waals surface area (Å²) in [5.41, 5.74) is 1.69. The number of H-pyrrole nitrogens is 1. The molecule has 0 bridgehead atoms. The molecule has 11 heteroatoms. The van der Waals surface area contributed by atoms with Crippen LogP contribution in [0.1, 0.15) is 36.0 Å². The number of hydrogen-bond acceptors (Lipinski definition) is 7. The largest absolute Gasteiger partial charge is 0.452 e. The summed E-state index contributed by atoms with van der Waals surface area (Å²) >= 11 is 0. The van der Waals surface area contributed by atoms with E-state index in [0.29, 0.717) is 24.5 Å². The van der Waals surface area contributed by atoms with Crippen LogP contribution in [0.25, 0.3) is 11.3 Å². The number of nitrogens with zero attached hydrogens (tertiary/aromatic N) is 2. The fraction of sp³-hybridized carbons (Fsp3) is 0.250. The van der Waals surface area contributed by atoms with Crippen molar-refractivity contribution in [2.24, 2.45) is 4.99 Å². The van der Waals surface area contributed by atoms with Crippen molar-refractivity contribution in [2.45, 2.75) is 30.6 Å². The van der Waals surface area contributed by atoms with Gasteiger partial charge in [-0.15, -0.1) is 0 Å². The minimum absolute atomic E-state index is 0.00913. The van der Waals surface area contributed by atoms with E-state index in [4.69, 9.17) is 4.74 Å². The Morgan fingerprint density at radius 2 is 1.86 bits per heavy atom. The van der Waals surface area contributed by atoms with Crippen LogP contribution in [0.3, 0.4) is 0 Å². The Morgan fingerprint density at radius 3 is 2.69 bits per heavy atom. The minimum Gasteiger partial charge on any atom is -0.452 e. The number of hydrogen-bond donors (Lipinski definition) is 3. The highest BCUT2D eigenvalue weighted by Gasteiger charge is 2.20. The predicted molar refractivity (Wildman–Crippen MR) is 130 cm³/mol. The predicted octanol–water partition coefficient (Wildman–Crippen LogP) is 3.12. The van der Waals surface area contributed by atoms with Crippen LogP contribution >= 0.6 is 0 Å². The van der Waals surface area contributed by atoms with Crippen molar-refractivity contribution in [3.05, 3.63) is 66.4 Å². The smallest absolute Gasteiger partial charge is 0.342 e. The number of benzene rings is 2. The molecule has 0 unspecified atom stereocenters. The van der Waals surface area contributed by atoms with Gasteiger partial charge in [-0.25, -0.2) is 13.2 Å². The van der Waals surface area contributed by atoms with Crippen LogP contribution in [0.4, 0.5) is 5.69 Å². The number of sulfonamides is 1. The lowest BCUT2D eigenvalue weighted by Gasteiger charge is -2.11. The maximum Gasteiger partial charge on any atom is 0.342 e. The Kier molecular flexibility index (Phi) is 7.56. The maximum absolute atomic E-state index is 12.8. The number of esters is 1. The molecular formula is C24H25N5O5S. The van der Waals surface area contributed by atoms with Gasteiger partial charge >= 0.3 is 5.97 Å². The Labute approximate surface area is 202 Å². The van der Waals surface area contributed by atoms with Gasteiger partial charge in [0.15, 0.2) is 6.61 Å². The van der Waals surface area contributed by atoms with Gasteiger partial charge in [0.2, 0.25) is 0 Å². The second kappa shape index (κ2) is 11.0. The number of amides is 1. The van der Waals surface area contributed by atoms with Gasteiger partial charge in [-0.1, -0.05) is 42.8 Å².